The van der Waals surface area contributed by atoms with E-state index in [1.807, 2.05) is 11.3 Å². The molecule has 0 saturated carbocycles. The summed E-state index contributed by atoms with van der Waals surface area (Å²) < 4.78 is 1.25. The van der Waals surface area contributed by atoms with Crippen molar-refractivity contribution >= 4 is 38.5 Å². The van der Waals surface area contributed by atoms with Crippen LogP contribution in [0.2, 0.25) is 0 Å². The zero-order valence-corrected chi connectivity index (χ0v) is 37.0. The summed E-state index contributed by atoms with van der Waals surface area (Å²) in [5, 5.41) is 3.60. The number of thiophene rings is 1. The molecular weight excluding hydrogens is 815 g/mol. The van der Waals surface area contributed by atoms with Gasteiger partial charge in [0.05, 0.1) is 26.9 Å². The number of fused-ring (bicyclic) bond motifs is 7. The van der Waals surface area contributed by atoms with Crippen LogP contribution >= 0.6 is 11.3 Å². The summed E-state index contributed by atoms with van der Waals surface area (Å²) in [5.41, 5.74) is 20.0. The molecule has 10 aromatic carbocycles. The molecule has 0 atom stereocenters. The molecule has 0 fully saturated rings. The Bertz CT molecular complexity index is 3500. The number of benzene rings is 10. The second kappa shape index (κ2) is 15.3. The van der Waals surface area contributed by atoms with E-state index in [1.54, 1.807) is 0 Å². The highest BCUT2D eigenvalue weighted by atomic mass is 32.1. The molecule has 11 aromatic rings. The first-order valence-electron chi connectivity index (χ1n) is 22.8. The lowest BCUT2D eigenvalue weighted by atomic mass is 9.67. The van der Waals surface area contributed by atoms with Crippen molar-refractivity contribution in [3.8, 4) is 33.4 Å². The Morgan fingerprint density at radius 1 is 0.318 bits per heavy atom. The van der Waals surface area contributed by atoms with E-state index in [4.69, 9.17) is 0 Å². The van der Waals surface area contributed by atoms with Crippen molar-refractivity contribution in [2.24, 2.45) is 0 Å². The molecule has 1 aromatic heterocycles. The minimum Gasteiger partial charge on any atom is -0.308 e. The molecule has 0 spiro atoms. The predicted molar refractivity (Wildman–Crippen MR) is 277 cm³/mol. The van der Waals surface area contributed by atoms with E-state index in [9.17, 15) is 0 Å². The quantitative estimate of drug-likeness (QED) is 0.147. The van der Waals surface area contributed by atoms with Crippen molar-refractivity contribution in [2.75, 3.05) is 4.90 Å². The van der Waals surface area contributed by atoms with Gasteiger partial charge in [0.25, 0.3) is 0 Å². The number of hydrogen-bond donors (Lipinski definition) is 0. The second-order valence-electron chi connectivity index (χ2n) is 17.5. The van der Waals surface area contributed by atoms with E-state index >= 15 is 0 Å². The van der Waals surface area contributed by atoms with Crippen LogP contribution in [0, 0.1) is 0 Å². The molecule has 2 heteroatoms. The van der Waals surface area contributed by atoms with Crippen LogP contribution in [0.4, 0.5) is 17.1 Å². The van der Waals surface area contributed by atoms with Gasteiger partial charge in [0.15, 0.2) is 0 Å². The Morgan fingerprint density at radius 2 is 0.773 bits per heavy atom. The fourth-order valence-corrected chi connectivity index (χ4v) is 12.8. The first-order chi connectivity index (χ1) is 32.8. The lowest BCUT2D eigenvalue weighted by molar-refractivity contribution is 0.768. The molecule has 0 radical (unpaired) electrons. The van der Waals surface area contributed by atoms with Crippen LogP contribution in [0.25, 0.3) is 43.5 Å². The Labute approximate surface area is 390 Å². The predicted octanol–water partition coefficient (Wildman–Crippen LogP) is 16.8. The van der Waals surface area contributed by atoms with Crippen molar-refractivity contribution in [3.05, 3.63) is 305 Å². The molecule has 0 N–H and O–H groups in total. The van der Waals surface area contributed by atoms with E-state index in [2.05, 4.69) is 265 Å². The second-order valence-corrected chi connectivity index (χ2v) is 18.4. The number of nitrogens with zero attached hydrogens (tertiary/aromatic N) is 1. The van der Waals surface area contributed by atoms with Crippen molar-refractivity contribution in [1.29, 1.82) is 0 Å². The van der Waals surface area contributed by atoms with Gasteiger partial charge in [0.2, 0.25) is 0 Å². The van der Waals surface area contributed by atoms with Crippen molar-refractivity contribution < 1.29 is 0 Å². The van der Waals surface area contributed by atoms with Gasteiger partial charge in [-0.25, -0.2) is 0 Å². The number of anilines is 3. The summed E-state index contributed by atoms with van der Waals surface area (Å²) in [6.45, 7) is 0. The number of rotatable bonds is 8. The zero-order valence-electron chi connectivity index (χ0n) is 36.2. The van der Waals surface area contributed by atoms with E-state index in [0.29, 0.717) is 0 Å². The molecule has 2 aliphatic carbocycles. The molecule has 310 valence electrons. The third-order valence-corrected chi connectivity index (χ3v) is 15.3. The molecule has 2 aliphatic rings. The fraction of sp³-hybridized carbons (Fsp3) is 0.0312. The maximum Gasteiger partial charge on any atom is 0.0714 e. The van der Waals surface area contributed by atoms with Gasteiger partial charge in [-0.15, -0.1) is 11.3 Å². The Kier molecular flexibility index (Phi) is 8.91. The maximum absolute atomic E-state index is 2.58. The maximum atomic E-state index is 2.58. The minimum atomic E-state index is -0.549. The molecule has 1 nitrogen and oxygen atoms in total. The molecule has 0 aliphatic heterocycles. The lowest BCUT2D eigenvalue weighted by Gasteiger charge is -2.35. The molecule has 0 amide bonds. The van der Waals surface area contributed by atoms with Gasteiger partial charge in [-0.3, -0.25) is 0 Å². The Hall–Kier alpha value is -8.04. The van der Waals surface area contributed by atoms with Crippen LogP contribution in [0.15, 0.2) is 260 Å². The normalized spacial score (nSPS) is 13.7. The average molecular weight is 858 g/mol. The third-order valence-electron chi connectivity index (χ3n) is 14.3. The summed E-state index contributed by atoms with van der Waals surface area (Å²) >= 11 is 1.83. The Morgan fingerprint density at radius 3 is 1.38 bits per heavy atom. The van der Waals surface area contributed by atoms with Crippen LogP contribution < -0.4 is 4.90 Å². The fourth-order valence-electron chi connectivity index (χ4n) is 11.7. The third kappa shape index (κ3) is 5.46. The van der Waals surface area contributed by atoms with Crippen LogP contribution in [-0.2, 0) is 10.8 Å². The van der Waals surface area contributed by atoms with E-state index in [1.165, 1.54) is 88.0 Å². The molecule has 1 heterocycles. The molecule has 13 rings (SSSR count). The zero-order chi connectivity index (χ0) is 43.7. The highest BCUT2D eigenvalue weighted by molar-refractivity contribution is 7.18. The van der Waals surface area contributed by atoms with Crippen LogP contribution in [0.1, 0.15) is 44.5 Å². The molecular formula is C64H43NS. The van der Waals surface area contributed by atoms with Crippen LogP contribution in [0.3, 0.4) is 0 Å². The van der Waals surface area contributed by atoms with Crippen LogP contribution in [0.5, 0.6) is 0 Å². The van der Waals surface area contributed by atoms with Gasteiger partial charge in [0.1, 0.15) is 0 Å². The first kappa shape index (κ1) is 38.4. The standard InChI is InChI=1S/C64H43NS/c1-6-22-44(23-7-1)54-43-66-62-52(54)34-20-39-60(62)65(49-40-41-51-50-32-16-18-35-55(50)64(58(51)42-49,47-28-12-4-13-29-47)48-30-14-5-15-31-48)59-38-21-37-57-61(59)53-33-17-19-36-56(53)63(57,45-24-8-2-9-25-45)46-26-10-3-11-27-46/h1-43H. The van der Waals surface area contributed by atoms with Crippen molar-refractivity contribution in [2.45, 2.75) is 10.8 Å². The van der Waals surface area contributed by atoms with Crippen LogP contribution in [-0.4, -0.2) is 0 Å². The summed E-state index contributed by atoms with van der Waals surface area (Å²) in [6, 6.07) is 94.7. The van der Waals surface area contributed by atoms with Gasteiger partial charge in [-0.2, -0.15) is 0 Å². The van der Waals surface area contributed by atoms with Crippen molar-refractivity contribution in [3.63, 3.8) is 0 Å². The van der Waals surface area contributed by atoms with Gasteiger partial charge in [-0.05, 0) is 96.4 Å². The minimum absolute atomic E-state index is 0.541. The van der Waals surface area contributed by atoms with Gasteiger partial charge < -0.3 is 4.90 Å². The lowest BCUT2D eigenvalue weighted by Crippen LogP contribution is -2.29. The smallest absolute Gasteiger partial charge is 0.0714 e. The SMILES string of the molecule is c1ccc(-c2csc3c(N(c4ccc5c(c4)C(c4ccccc4)(c4ccccc4)c4ccccc4-5)c4cccc5c4-c4ccccc4C5(c4ccccc4)c4ccccc4)cccc23)cc1. The summed E-state index contributed by atoms with van der Waals surface area (Å²) in [6.07, 6.45) is 0. The van der Waals surface area contributed by atoms with E-state index in [0.717, 1.165) is 17.1 Å². The van der Waals surface area contributed by atoms with Gasteiger partial charge >= 0.3 is 0 Å². The van der Waals surface area contributed by atoms with Gasteiger partial charge in [-0.1, -0.05) is 231 Å². The summed E-state index contributed by atoms with van der Waals surface area (Å²) in [5.74, 6) is 0. The van der Waals surface area contributed by atoms with Crippen molar-refractivity contribution in [1.82, 2.24) is 0 Å². The summed E-state index contributed by atoms with van der Waals surface area (Å²) in [4.78, 5) is 2.58. The van der Waals surface area contributed by atoms with Gasteiger partial charge in [0, 0.05) is 22.2 Å². The Balaban J connectivity index is 1.14. The largest absolute Gasteiger partial charge is 0.308 e. The monoisotopic (exact) mass is 857 g/mol. The molecule has 0 saturated heterocycles. The number of hydrogen-bond acceptors (Lipinski definition) is 2. The molecule has 66 heavy (non-hydrogen) atoms. The molecule has 0 unspecified atom stereocenters. The average Bonchev–Trinajstić information content (AvgIpc) is 4.06. The first-order valence-corrected chi connectivity index (χ1v) is 23.7. The summed E-state index contributed by atoms with van der Waals surface area (Å²) in [7, 11) is 0. The highest BCUT2D eigenvalue weighted by Gasteiger charge is 2.49. The topological polar surface area (TPSA) is 3.24 Å². The molecule has 0 bridgehead atoms. The highest BCUT2D eigenvalue weighted by Crippen LogP contribution is 2.61. The van der Waals surface area contributed by atoms with E-state index < -0.39 is 10.8 Å². The van der Waals surface area contributed by atoms with E-state index in [-0.39, 0.29) is 0 Å².